The van der Waals surface area contributed by atoms with Crippen molar-refractivity contribution in [2.75, 3.05) is 32.4 Å². The van der Waals surface area contributed by atoms with E-state index in [1.807, 2.05) is 6.92 Å². The summed E-state index contributed by atoms with van der Waals surface area (Å²) in [7, 11) is -3.13. The van der Waals surface area contributed by atoms with E-state index in [2.05, 4.69) is 34.2 Å². The Balaban J connectivity index is 0. The lowest BCUT2D eigenvalue weighted by Crippen LogP contribution is -2.41. The second-order valence-electron chi connectivity index (χ2n) is 5.61. The number of hydrogen-bond donors (Lipinski definition) is 3. The van der Waals surface area contributed by atoms with E-state index in [0.717, 1.165) is 25.3 Å². The smallest absolute Gasteiger partial charge is 0.208 e. The molecular formula is C15H35IN4O2S. The van der Waals surface area contributed by atoms with Crippen molar-refractivity contribution in [3.05, 3.63) is 0 Å². The molecule has 0 aromatic rings. The van der Waals surface area contributed by atoms with Gasteiger partial charge in [-0.05, 0) is 25.7 Å². The molecule has 0 bridgehead atoms. The van der Waals surface area contributed by atoms with Crippen molar-refractivity contribution in [3.8, 4) is 0 Å². The first-order chi connectivity index (χ1) is 10.4. The van der Waals surface area contributed by atoms with Crippen LogP contribution < -0.4 is 15.4 Å². The fraction of sp³-hybridized carbons (Fsp3) is 0.933. The molecule has 0 amide bonds. The molecule has 3 N–H and O–H groups in total. The van der Waals surface area contributed by atoms with Gasteiger partial charge in [0.15, 0.2) is 5.96 Å². The number of guanidine groups is 1. The average molecular weight is 462 g/mol. The average Bonchev–Trinajstić information content (AvgIpc) is 2.45. The maximum absolute atomic E-state index is 11.0. The first-order valence-electron chi connectivity index (χ1n) is 8.39. The standard InChI is InChI=1S/C15H34N4O2S.HI/c1-5-8-10-14(9-6-2)13-18-15(16-7-3)17-11-12-19-22(4,20)21;/h14,19H,5-13H2,1-4H3,(H2,16,17,18);1H. The van der Waals surface area contributed by atoms with Gasteiger partial charge in [0.05, 0.1) is 6.26 Å². The number of halogens is 1. The summed E-state index contributed by atoms with van der Waals surface area (Å²) in [5.41, 5.74) is 0. The number of sulfonamides is 1. The molecule has 140 valence electrons. The fourth-order valence-corrected chi connectivity index (χ4v) is 2.68. The first-order valence-corrected chi connectivity index (χ1v) is 10.3. The summed E-state index contributed by atoms with van der Waals surface area (Å²) in [6, 6.07) is 0. The van der Waals surface area contributed by atoms with E-state index in [0.29, 0.717) is 19.0 Å². The molecule has 0 spiro atoms. The maximum Gasteiger partial charge on any atom is 0.208 e. The second kappa shape index (κ2) is 15.4. The number of rotatable bonds is 12. The van der Waals surface area contributed by atoms with Crippen LogP contribution in [-0.2, 0) is 10.0 Å². The summed E-state index contributed by atoms with van der Waals surface area (Å²) in [6.45, 7) is 8.94. The van der Waals surface area contributed by atoms with Gasteiger partial charge in [-0.15, -0.1) is 24.0 Å². The third kappa shape index (κ3) is 16.5. The molecule has 0 aliphatic heterocycles. The molecule has 23 heavy (non-hydrogen) atoms. The molecule has 8 heteroatoms. The molecule has 1 unspecified atom stereocenters. The Labute approximate surface area is 159 Å². The number of nitrogens with zero attached hydrogens (tertiary/aromatic N) is 1. The molecule has 0 radical (unpaired) electrons. The zero-order chi connectivity index (χ0) is 16.8. The lowest BCUT2D eigenvalue weighted by molar-refractivity contribution is 0.439. The number of aliphatic imine (C=N–C) groups is 1. The lowest BCUT2D eigenvalue weighted by atomic mass is 9.97. The van der Waals surface area contributed by atoms with Crippen molar-refractivity contribution < 1.29 is 8.42 Å². The van der Waals surface area contributed by atoms with E-state index in [1.54, 1.807) is 0 Å². The van der Waals surface area contributed by atoms with Crippen LogP contribution in [0.1, 0.15) is 52.9 Å². The van der Waals surface area contributed by atoms with Crippen molar-refractivity contribution in [3.63, 3.8) is 0 Å². The minimum atomic E-state index is -3.13. The summed E-state index contributed by atoms with van der Waals surface area (Å²) < 4.78 is 24.5. The SMILES string of the molecule is CCCCC(CCC)CN=C(NCC)NCCNS(C)(=O)=O.I. The van der Waals surface area contributed by atoms with Gasteiger partial charge in [-0.2, -0.15) is 0 Å². The molecule has 0 saturated carbocycles. The Morgan fingerprint density at radius 2 is 1.74 bits per heavy atom. The maximum atomic E-state index is 11.0. The molecule has 0 aromatic heterocycles. The quantitative estimate of drug-likeness (QED) is 0.180. The molecule has 6 nitrogen and oxygen atoms in total. The highest BCUT2D eigenvalue weighted by molar-refractivity contribution is 14.0. The molecule has 0 aliphatic carbocycles. The third-order valence-electron chi connectivity index (χ3n) is 3.30. The van der Waals surface area contributed by atoms with Crippen LogP contribution in [-0.4, -0.2) is 46.8 Å². The molecule has 0 rings (SSSR count). The van der Waals surface area contributed by atoms with Crippen molar-refractivity contribution >= 4 is 40.0 Å². The van der Waals surface area contributed by atoms with Crippen LogP contribution in [0.15, 0.2) is 4.99 Å². The Kier molecular flexibility index (Phi) is 16.9. The second-order valence-corrected chi connectivity index (χ2v) is 7.44. The first kappa shape index (κ1) is 25.2. The van der Waals surface area contributed by atoms with Crippen LogP contribution >= 0.6 is 24.0 Å². The van der Waals surface area contributed by atoms with Gasteiger partial charge < -0.3 is 10.6 Å². The number of hydrogen-bond acceptors (Lipinski definition) is 3. The van der Waals surface area contributed by atoms with Gasteiger partial charge in [0.2, 0.25) is 10.0 Å². The highest BCUT2D eigenvalue weighted by Gasteiger charge is 2.07. The summed E-state index contributed by atoms with van der Waals surface area (Å²) in [6.07, 6.45) is 7.25. The lowest BCUT2D eigenvalue weighted by Gasteiger charge is -2.16. The van der Waals surface area contributed by atoms with E-state index in [1.165, 1.54) is 32.1 Å². The van der Waals surface area contributed by atoms with Gasteiger partial charge >= 0.3 is 0 Å². The molecule has 1 atom stereocenters. The van der Waals surface area contributed by atoms with Crippen LogP contribution in [0.5, 0.6) is 0 Å². The molecular weight excluding hydrogens is 427 g/mol. The predicted octanol–water partition coefficient (Wildman–Crippen LogP) is 2.32. The molecule has 0 heterocycles. The van der Waals surface area contributed by atoms with Gasteiger partial charge in [-0.25, -0.2) is 13.1 Å². The van der Waals surface area contributed by atoms with Gasteiger partial charge in [-0.3, -0.25) is 4.99 Å². The summed E-state index contributed by atoms with van der Waals surface area (Å²) in [5.74, 6) is 1.39. The van der Waals surface area contributed by atoms with E-state index < -0.39 is 10.0 Å². The van der Waals surface area contributed by atoms with Gasteiger partial charge in [0.25, 0.3) is 0 Å². The Bertz CT molecular complexity index is 402. The van der Waals surface area contributed by atoms with E-state index in [4.69, 9.17) is 0 Å². The summed E-state index contributed by atoms with van der Waals surface area (Å²) in [5, 5.41) is 6.35. The highest BCUT2D eigenvalue weighted by atomic mass is 127. The monoisotopic (exact) mass is 462 g/mol. The largest absolute Gasteiger partial charge is 0.357 e. The van der Waals surface area contributed by atoms with Gasteiger partial charge in [0, 0.05) is 26.2 Å². The Morgan fingerprint density at radius 3 is 2.26 bits per heavy atom. The van der Waals surface area contributed by atoms with Crippen molar-refractivity contribution in [2.45, 2.75) is 52.9 Å². The highest BCUT2D eigenvalue weighted by Crippen LogP contribution is 2.15. The zero-order valence-corrected chi connectivity index (χ0v) is 18.2. The Morgan fingerprint density at radius 1 is 1.04 bits per heavy atom. The molecule has 0 saturated heterocycles. The van der Waals surface area contributed by atoms with Crippen LogP contribution in [0, 0.1) is 5.92 Å². The van der Waals surface area contributed by atoms with Crippen molar-refractivity contribution in [1.29, 1.82) is 0 Å². The normalized spacial score (nSPS) is 13.3. The molecule has 0 aromatic carbocycles. The molecule has 0 aliphatic rings. The van der Waals surface area contributed by atoms with Crippen LogP contribution in [0.25, 0.3) is 0 Å². The predicted molar refractivity (Wildman–Crippen MR) is 110 cm³/mol. The third-order valence-corrected chi connectivity index (χ3v) is 4.02. The van der Waals surface area contributed by atoms with Crippen molar-refractivity contribution in [2.24, 2.45) is 10.9 Å². The zero-order valence-electron chi connectivity index (χ0n) is 15.0. The minimum Gasteiger partial charge on any atom is -0.357 e. The topological polar surface area (TPSA) is 82.6 Å². The van der Waals surface area contributed by atoms with Crippen LogP contribution in [0.2, 0.25) is 0 Å². The number of nitrogens with one attached hydrogen (secondary N) is 3. The van der Waals surface area contributed by atoms with E-state index in [-0.39, 0.29) is 24.0 Å². The van der Waals surface area contributed by atoms with Crippen LogP contribution in [0.3, 0.4) is 0 Å². The summed E-state index contributed by atoms with van der Waals surface area (Å²) in [4.78, 5) is 4.64. The fourth-order valence-electron chi connectivity index (χ4n) is 2.21. The number of unbranched alkanes of at least 4 members (excludes halogenated alkanes) is 1. The van der Waals surface area contributed by atoms with Crippen molar-refractivity contribution in [1.82, 2.24) is 15.4 Å². The molecule has 0 fully saturated rings. The van der Waals surface area contributed by atoms with E-state index in [9.17, 15) is 8.42 Å². The minimum absolute atomic E-state index is 0. The van der Waals surface area contributed by atoms with Gasteiger partial charge in [0.1, 0.15) is 0 Å². The van der Waals surface area contributed by atoms with Gasteiger partial charge in [-0.1, -0.05) is 33.1 Å². The van der Waals surface area contributed by atoms with Crippen LogP contribution in [0.4, 0.5) is 0 Å². The van der Waals surface area contributed by atoms with E-state index >= 15 is 0 Å². The Hall–Kier alpha value is -0.0900. The summed E-state index contributed by atoms with van der Waals surface area (Å²) >= 11 is 0.